The quantitative estimate of drug-likeness (QED) is 0.843. The zero-order valence-corrected chi connectivity index (χ0v) is 11.1. The van der Waals surface area contributed by atoms with E-state index in [1.54, 1.807) is 0 Å². The minimum atomic E-state index is 0.611. The van der Waals surface area contributed by atoms with E-state index in [4.69, 9.17) is 4.74 Å². The first-order chi connectivity index (χ1) is 8.20. The van der Waals surface area contributed by atoms with Crippen molar-refractivity contribution in [3.05, 3.63) is 29.3 Å². The first-order valence-corrected chi connectivity index (χ1v) is 6.68. The van der Waals surface area contributed by atoms with Gasteiger partial charge >= 0.3 is 0 Å². The fourth-order valence-corrected chi connectivity index (χ4v) is 2.45. The number of fused-ring (bicyclic) bond motifs is 1. The Morgan fingerprint density at radius 2 is 2.18 bits per heavy atom. The number of hydrogen-bond donors (Lipinski definition) is 1. The van der Waals surface area contributed by atoms with E-state index < -0.39 is 0 Å². The molecule has 1 atom stereocenters. The molecular formula is C15H23NO. The van der Waals surface area contributed by atoms with Gasteiger partial charge in [0.25, 0.3) is 0 Å². The van der Waals surface area contributed by atoms with E-state index in [2.05, 4.69) is 44.3 Å². The van der Waals surface area contributed by atoms with Gasteiger partial charge in [0, 0.05) is 19.0 Å². The summed E-state index contributed by atoms with van der Waals surface area (Å²) >= 11 is 0. The number of hydrogen-bond acceptors (Lipinski definition) is 2. The lowest BCUT2D eigenvalue weighted by atomic mass is 10.0. The van der Waals surface area contributed by atoms with Crippen molar-refractivity contribution in [3.63, 3.8) is 0 Å². The molecule has 1 unspecified atom stereocenters. The molecule has 1 aromatic rings. The first kappa shape index (κ1) is 12.4. The Bertz CT molecular complexity index is 373. The van der Waals surface area contributed by atoms with Crippen LogP contribution in [0.4, 0.5) is 0 Å². The van der Waals surface area contributed by atoms with Gasteiger partial charge in [0.1, 0.15) is 5.75 Å². The van der Waals surface area contributed by atoms with Crippen molar-refractivity contribution in [2.75, 3.05) is 6.61 Å². The maximum atomic E-state index is 5.52. The van der Waals surface area contributed by atoms with E-state index in [9.17, 15) is 0 Å². The highest BCUT2D eigenvalue weighted by Gasteiger charge is 2.13. The zero-order chi connectivity index (χ0) is 12.3. The molecule has 0 aromatic heterocycles. The van der Waals surface area contributed by atoms with Crippen LogP contribution in [0.25, 0.3) is 0 Å². The van der Waals surface area contributed by atoms with Crippen LogP contribution in [-0.2, 0) is 13.0 Å². The van der Waals surface area contributed by atoms with E-state index in [-0.39, 0.29) is 0 Å². The second kappa shape index (κ2) is 5.54. The van der Waals surface area contributed by atoms with E-state index in [1.165, 1.54) is 17.5 Å². The van der Waals surface area contributed by atoms with Crippen molar-refractivity contribution in [2.45, 2.75) is 46.2 Å². The molecule has 2 heteroatoms. The molecule has 0 bridgehead atoms. The Kier molecular flexibility index (Phi) is 4.06. The standard InChI is InChI=1S/C15H23NO/c1-4-14(11(2)3)16-10-12-5-6-15-13(9-12)7-8-17-15/h5-6,9,11,14,16H,4,7-8,10H2,1-3H3. The van der Waals surface area contributed by atoms with Crippen LogP contribution < -0.4 is 10.1 Å². The van der Waals surface area contributed by atoms with Crippen LogP contribution in [-0.4, -0.2) is 12.6 Å². The Morgan fingerprint density at radius 3 is 2.88 bits per heavy atom. The van der Waals surface area contributed by atoms with Crippen LogP contribution in [0.2, 0.25) is 0 Å². The third-order valence-electron chi connectivity index (χ3n) is 3.57. The maximum Gasteiger partial charge on any atom is 0.122 e. The molecule has 0 aliphatic carbocycles. The summed E-state index contributed by atoms with van der Waals surface area (Å²) in [6.07, 6.45) is 2.25. The highest BCUT2D eigenvalue weighted by Crippen LogP contribution is 2.25. The summed E-state index contributed by atoms with van der Waals surface area (Å²) in [6, 6.07) is 7.17. The molecule has 1 aliphatic rings. The lowest BCUT2D eigenvalue weighted by molar-refractivity contribution is 0.356. The molecule has 0 spiro atoms. The largest absolute Gasteiger partial charge is 0.493 e. The van der Waals surface area contributed by atoms with Gasteiger partial charge in [-0.2, -0.15) is 0 Å². The van der Waals surface area contributed by atoms with Crippen molar-refractivity contribution < 1.29 is 4.74 Å². The number of rotatable bonds is 5. The lowest BCUT2D eigenvalue weighted by Gasteiger charge is -2.20. The molecule has 2 nitrogen and oxygen atoms in total. The summed E-state index contributed by atoms with van der Waals surface area (Å²) in [5, 5.41) is 3.64. The van der Waals surface area contributed by atoms with Crippen molar-refractivity contribution in [1.82, 2.24) is 5.32 Å². The van der Waals surface area contributed by atoms with Crippen LogP contribution in [0, 0.1) is 5.92 Å². The summed E-state index contributed by atoms with van der Waals surface area (Å²) in [5.41, 5.74) is 2.73. The van der Waals surface area contributed by atoms with E-state index in [1.807, 2.05) is 0 Å². The monoisotopic (exact) mass is 233 g/mol. The van der Waals surface area contributed by atoms with Gasteiger partial charge in [-0.15, -0.1) is 0 Å². The third-order valence-corrected chi connectivity index (χ3v) is 3.57. The van der Waals surface area contributed by atoms with Gasteiger partial charge in [-0.3, -0.25) is 0 Å². The van der Waals surface area contributed by atoms with Crippen LogP contribution in [0.3, 0.4) is 0 Å². The predicted octanol–water partition coefficient (Wildman–Crippen LogP) is 3.15. The van der Waals surface area contributed by atoms with Crippen LogP contribution >= 0.6 is 0 Å². The van der Waals surface area contributed by atoms with E-state index >= 15 is 0 Å². The predicted molar refractivity (Wildman–Crippen MR) is 71.4 cm³/mol. The minimum Gasteiger partial charge on any atom is -0.493 e. The molecule has 0 saturated carbocycles. The van der Waals surface area contributed by atoms with Crippen molar-refractivity contribution in [1.29, 1.82) is 0 Å². The van der Waals surface area contributed by atoms with E-state index in [0.29, 0.717) is 12.0 Å². The fourth-order valence-electron chi connectivity index (χ4n) is 2.45. The van der Waals surface area contributed by atoms with Crippen molar-refractivity contribution in [3.8, 4) is 5.75 Å². The Hall–Kier alpha value is -1.02. The minimum absolute atomic E-state index is 0.611. The maximum absolute atomic E-state index is 5.52. The average Bonchev–Trinajstić information content (AvgIpc) is 2.76. The fraction of sp³-hybridized carbons (Fsp3) is 0.600. The normalized spacial score (nSPS) is 15.8. The van der Waals surface area contributed by atoms with Gasteiger partial charge < -0.3 is 10.1 Å². The lowest BCUT2D eigenvalue weighted by Crippen LogP contribution is -2.32. The van der Waals surface area contributed by atoms with Gasteiger partial charge in [0.2, 0.25) is 0 Å². The molecule has 17 heavy (non-hydrogen) atoms. The molecule has 1 heterocycles. The summed E-state index contributed by atoms with van der Waals surface area (Å²) in [4.78, 5) is 0. The summed E-state index contributed by atoms with van der Waals surface area (Å²) < 4.78 is 5.52. The SMILES string of the molecule is CCC(NCc1ccc2c(c1)CCO2)C(C)C. The molecule has 0 fully saturated rings. The molecular weight excluding hydrogens is 210 g/mol. The van der Waals surface area contributed by atoms with Gasteiger partial charge in [-0.1, -0.05) is 32.9 Å². The molecule has 0 radical (unpaired) electrons. The number of nitrogens with one attached hydrogen (secondary N) is 1. The first-order valence-electron chi connectivity index (χ1n) is 6.68. The number of benzene rings is 1. The molecule has 0 saturated heterocycles. The van der Waals surface area contributed by atoms with Crippen LogP contribution in [0.1, 0.15) is 38.3 Å². The smallest absolute Gasteiger partial charge is 0.122 e. The Balaban J connectivity index is 1.95. The zero-order valence-electron chi connectivity index (χ0n) is 11.1. The Morgan fingerprint density at radius 1 is 1.35 bits per heavy atom. The second-order valence-electron chi connectivity index (χ2n) is 5.18. The Labute approximate surface area is 104 Å². The topological polar surface area (TPSA) is 21.3 Å². The molecule has 1 N–H and O–H groups in total. The van der Waals surface area contributed by atoms with Crippen LogP contribution in [0.15, 0.2) is 18.2 Å². The van der Waals surface area contributed by atoms with Gasteiger partial charge in [-0.05, 0) is 29.5 Å². The van der Waals surface area contributed by atoms with Crippen LogP contribution in [0.5, 0.6) is 5.75 Å². The number of ether oxygens (including phenoxy) is 1. The molecule has 2 rings (SSSR count). The van der Waals surface area contributed by atoms with E-state index in [0.717, 1.165) is 25.3 Å². The molecule has 1 aromatic carbocycles. The average molecular weight is 233 g/mol. The van der Waals surface area contributed by atoms with Gasteiger partial charge in [0.15, 0.2) is 0 Å². The molecule has 0 amide bonds. The van der Waals surface area contributed by atoms with Gasteiger partial charge in [-0.25, -0.2) is 0 Å². The van der Waals surface area contributed by atoms with Gasteiger partial charge in [0.05, 0.1) is 6.61 Å². The summed E-state index contributed by atoms with van der Waals surface area (Å²) in [7, 11) is 0. The summed E-state index contributed by atoms with van der Waals surface area (Å²) in [5.74, 6) is 1.77. The molecule has 1 aliphatic heterocycles. The van der Waals surface area contributed by atoms with Crippen molar-refractivity contribution >= 4 is 0 Å². The molecule has 94 valence electrons. The van der Waals surface area contributed by atoms with Crippen molar-refractivity contribution in [2.24, 2.45) is 5.92 Å². The second-order valence-corrected chi connectivity index (χ2v) is 5.18. The third kappa shape index (κ3) is 3.01. The highest BCUT2D eigenvalue weighted by molar-refractivity contribution is 5.39. The highest BCUT2D eigenvalue weighted by atomic mass is 16.5. The summed E-state index contributed by atoms with van der Waals surface area (Å²) in [6.45, 7) is 8.60.